The van der Waals surface area contributed by atoms with E-state index in [9.17, 15) is 24.3 Å². The highest BCUT2D eigenvalue weighted by Gasteiger charge is 2.57. The summed E-state index contributed by atoms with van der Waals surface area (Å²) >= 11 is 10.3. The van der Waals surface area contributed by atoms with E-state index in [2.05, 4.69) is 52.8 Å². The molecule has 3 aromatic carbocycles. The Kier molecular flexibility index (Phi) is 7.46. The molecule has 4 unspecified atom stereocenters. The van der Waals surface area contributed by atoms with Gasteiger partial charge in [0.25, 0.3) is 0 Å². The SMILES string of the molecule is COc1cc(C2C3=CCC4C(=O)N(c5ccc(-c6nc7ccccc7o6)cc5)C(=O)C4C3CC3=C2C(=O)C=C(Br)C3=O)c(Br)c(Br)c1O. The number of carbonyl (C=O) groups is 4. The lowest BCUT2D eigenvalue weighted by Crippen LogP contribution is -2.39. The second kappa shape index (κ2) is 11.5. The number of aromatic hydroxyl groups is 1. The van der Waals surface area contributed by atoms with Crippen molar-refractivity contribution in [3.05, 3.63) is 102 Å². The minimum atomic E-state index is -0.750. The molecule has 1 aromatic heterocycles. The van der Waals surface area contributed by atoms with Crippen LogP contribution in [0.3, 0.4) is 0 Å². The summed E-state index contributed by atoms with van der Waals surface area (Å²) in [7, 11) is 1.42. The molecule has 8 rings (SSSR count). The van der Waals surface area contributed by atoms with Crippen molar-refractivity contribution in [3.8, 4) is 23.0 Å². The number of phenolic OH excluding ortho intramolecular Hbond substituents is 1. The highest BCUT2D eigenvalue weighted by Crippen LogP contribution is 2.58. The molecule has 9 nitrogen and oxygen atoms in total. The predicted octanol–water partition coefficient (Wildman–Crippen LogP) is 7.70. The number of rotatable bonds is 4. The number of imide groups is 1. The molecular formula is C36H23Br3N2O7. The second-order valence-corrected chi connectivity index (χ2v) is 14.5. The summed E-state index contributed by atoms with van der Waals surface area (Å²) in [5, 5.41) is 10.7. The second-order valence-electron chi connectivity index (χ2n) is 12.1. The van der Waals surface area contributed by atoms with Crippen LogP contribution in [-0.4, -0.2) is 40.6 Å². The van der Waals surface area contributed by atoms with Crippen LogP contribution >= 0.6 is 47.8 Å². The first kappa shape index (κ1) is 31.2. The quantitative estimate of drug-likeness (QED) is 0.126. The third-order valence-corrected chi connectivity index (χ3v) is 12.5. The van der Waals surface area contributed by atoms with E-state index in [1.165, 1.54) is 18.1 Å². The first-order valence-electron chi connectivity index (χ1n) is 15.1. The number of fused-ring (bicyclic) bond motifs is 4. The zero-order chi connectivity index (χ0) is 33.6. The lowest BCUT2D eigenvalue weighted by Gasteiger charge is -2.42. The number of allylic oxidation sites excluding steroid dienone is 6. The highest BCUT2D eigenvalue weighted by molar-refractivity contribution is 9.13. The normalized spacial score (nSPS) is 23.6. The van der Waals surface area contributed by atoms with Crippen molar-refractivity contribution in [3.63, 3.8) is 0 Å². The van der Waals surface area contributed by atoms with Crippen LogP contribution in [0.5, 0.6) is 11.5 Å². The summed E-state index contributed by atoms with van der Waals surface area (Å²) in [6, 6.07) is 16.0. The summed E-state index contributed by atoms with van der Waals surface area (Å²) in [6.07, 6.45) is 3.63. The number of benzene rings is 3. The summed E-state index contributed by atoms with van der Waals surface area (Å²) in [5.41, 5.74) is 4.48. The monoisotopic (exact) mass is 832 g/mol. The van der Waals surface area contributed by atoms with Gasteiger partial charge < -0.3 is 14.3 Å². The zero-order valence-corrected chi connectivity index (χ0v) is 29.8. The molecule has 2 heterocycles. The fraction of sp³-hybridized carbons (Fsp3) is 0.194. The number of hydrogen-bond acceptors (Lipinski definition) is 8. The molecular weight excluding hydrogens is 812 g/mol. The Labute approximate surface area is 298 Å². The van der Waals surface area contributed by atoms with Crippen LogP contribution in [-0.2, 0) is 19.2 Å². The lowest BCUT2D eigenvalue weighted by atomic mass is 9.59. The van der Waals surface area contributed by atoms with Crippen LogP contribution in [0, 0.1) is 17.8 Å². The number of oxazole rings is 1. The zero-order valence-electron chi connectivity index (χ0n) is 25.0. The molecule has 1 fully saturated rings. The van der Waals surface area contributed by atoms with Crippen molar-refractivity contribution in [2.24, 2.45) is 17.8 Å². The van der Waals surface area contributed by atoms with E-state index in [-0.39, 0.29) is 52.2 Å². The maximum atomic E-state index is 14.3. The smallest absolute Gasteiger partial charge is 0.238 e. The number of aromatic nitrogens is 1. The molecule has 0 saturated carbocycles. The van der Waals surface area contributed by atoms with Crippen molar-refractivity contribution < 1.29 is 33.4 Å². The van der Waals surface area contributed by atoms with Gasteiger partial charge in [-0.1, -0.05) is 23.8 Å². The van der Waals surface area contributed by atoms with Gasteiger partial charge >= 0.3 is 0 Å². The van der Waals surface area contributed by atoms with Gasteiger partial charge in [0.05, 0.1) is 33.6 Å². The number of ketones is 2. The van der Waals surface area contributed by atoms with E-state index in [1.54, 1.807) is 30.3 Å². The molecule has 1 N–H and O–H groups in total. The minimum Gasteiger partial charge on any atom is -0.503 e. The van der Waals surface area contributed by atoms with Gasteiger partial charge in [-0.2, -0.15) is 0 Å². The Balaban J connectivity index is 1.19. The minimum absolute atomic E-state index is 0.129. The fourth-order valence-electron chi connectivity index (χ4n) is 7.54. The molecule has 240 valence electrons. The number of para-hydroxylation sites is 2. The average molecular weight is 835 g/mol. The van der Waals surface area contributed by atoms with Gasteiger partial charge in [0.1, 0.15) is 5.52 Å². The van der Waals surface area contributed by atoms with Gasteiger partial charge in [-0.25, -0.2) is 4.98 Å². The molecule has 4 aliphatic rings. The standard InChI is InChI=1S/C36H23Br3N2O7/c1-47-26-13-20(30(38)31(39)33(26)44)27-17-10-11-18-28(19(17)12-21-29(27)24(42)14-22(37)32(21)43)36(46)41(35(18)45)16-8-6-15(7-9-16)34-40-23-4-2-3-5-25(23)48-34/h2-10,13-14,18-19,27-28,44H,11-12H2,1H3. The van der Waals surface area contributed by atoms with E-state index in [4.69, 9.17) is 9.15 Å². The number of ether oxygens (including phenoxy) is 1. The van der Waals surface area contributed by atoms with E-state index >= 15 is 0 Å². The molecule has 3 aliphatic carbocycles. The molecule has 0 bridgehead atoms. The number of carbonyl (C=O) groups excluding carboxylic acids is 4. The number of nitrogens with zero attached hydrogens (tertiary/aromatic N) is 2. The number of methoxy groups -OCH3 is 1. The first-order chi connectivity index (χ1) is 23.1. The molecule has 1 saturated heterocycles. The van der Waals surface area contributed by atoms with Gasteiger partial charge in [-0.3, -0.25) is 24.1 Å². The van der Waals surface area contributed by atoms with Crippen molar-refractivity contribution in [1.82, 2.24) is 4.98 Å². The molecule has 2 amide bonds. The van der Waals surface area contributed by atoms with Crippen molar-refractivity contribution in [2.45, 2.75) is 18.8 Å². The summed E-state index contributed by atoms with van der Waals surface area (Å²) in [6.45, 7) is 0. The number of amides is 2. The third kappa shape index (κ3) is 4.56. The van der Waals surface area contributed by atoms with Crippen molar-refractivity contribution in [1.29, 1.82) is 0 Å². The summed E-state index contributed by atoms with van der Waals surface area (Å²) in [4.78, 5) is 61.3. The van der Waals surface area contributed by atoms with E-state index in [1.807, 2.05) is 30.3 Å². The van der Waals surface area contributed by atoms with Crippen LogP contribution < -0.4 is 9.64 Å². The fourth-order valence-corrected chi connectivity index (χ4v) is 8.95. The molecule has 12 heteroatoms. The molecule has 4 atom stereocenters. The Morgan fingerprint density at radius 1 is 0.958 bits per heavy atom. The maximum Gasteiger partial charge on any atom is 0.238 e. The molecule has 0 spiro atoms. The molecule has 4 aromatic rings. The van der Waals surface area contributed by atoms with Gasteiger partial charge in [0.2, 0.25) is 17.7 Å². The van der Waals surface area contributed by atoms with E-state index in [0.717, 1.165) is 11.1 Å². The molecule has 0 radical (unpaired) electrons. The Morgan fingerprint density at radius 3 is 2.44 bits per heavy atom. The number of Topliss-reactive ketones (excluding diaryl/α,β-unsaturated/α-hetero) is 1. The topological polar surface area (TPSA) is 127 Å². The number of hydrogen-bond donors (Lipinski definition) is 1. The van der Waals surface area contributed by atoms with Crippen LogP contribution in [0.1, 0.15) is 24.3 Å². The van der Waals surface area contributed by atoms with Crippen LogP contribution in [0.2, 0.25) is 0 Å². The van der Waals surface area contributed by atoms with E-state index < -0.39 is 23.7 Å². The third-order valence-electron chi connectivity index (χ3n) is 9.70. The number of halogens is 3. The van der Waals surface area contributed by atoms with Crippen LogP contribution in [0.25, 0.3) is 22.6 Å². The first-order valence-corrected chi connectivity index (χ1v) is 17.4. The molecule has 48 heavy (non-hydrogen) atoms. The Morgan fingerprint density at radius 2 is 1.71 bits per heavy atom. The number of phenols is 1. The van der Waals surface area contributed by atoms with E-state index in [0.29, 0.717) is 48.4 Å². The average Bonchev–Trinajstić information content (AvgIpc) is 3.64. The van der Waals surface area contributed by atoms with Crippen molar-refractivity contribution in [2.75, 3.05) is 12.0 Å². The summed E-state index contributed by atoms with van der Waals surface area (Å²) in [5.74, 6) is -3.51. The van der Waals surface area contributed by atoms with Gasteiger partial charge in [-0.15, -0.1) is 0 Å². The molecule has 1 aliphatic heterocycles. The van der Waals surface area contributed by atoms with Gasteiger partial charge in [-0.05, 0) is 115 Å². The van der Waals surface area contributed by atoms with Crippen molar-refractivity contribution >= 4 is 88.0 Å². The van der Waals surface area contributed by atoms with Gasteiger partial charge in [0.15, 0.2) is 28.6 Å². The summed E-state index contributed by atoms with van der Waals surface area (Å²) < 4.78 is 12.3. The number of anilines is 1. The highest BCUT2D eigenvalue weighted by atomic mass is 79.9. The van der Waals surface area contributed by atoms with Crippen LogP contribution in [0.4, 0.5) is 5.69 Å². The predicted molar refractivity (Wildman–Crippen MR) is 187 cm³/mol. The maximum absolute atomic E-state index is 14.3. The lowest BCUT2D eigenvalue weighted by molar-refractivity contribution is -0.123. The Hall–Kier alpha value is -4.13. The Bertz CT molecular complexity index is 2200. The van der Waals surface area contributed by atoms with Crippen LogP contribution in [0.15, 0.2) is 101 Å². The van der Waals surface area contributed by atoms with Gasteiger partial charge in [0, 0.05) is 33.2 Å². The largest absolute Gasteiger partial charge is 0.503 e.